The number of carbonyl (C=O) groups excluding carboxylic acids is 2. The molecule has 0 saturated heterocycles. The molecule has 2 saturated carbocycles. The van der Waals surface area contributed by atoms with E-state index in [0.717, 1.165) is 69.0 Å². The number of methoxy groups -OCH3 is 2. The van der Waals surface area contributed by atoms with Crippen LogP contribution in [0.15, 0.2) is 24.3 Å². The molecule has 0 bridgehead atoms. The molecule has 38 heavy (non-hydrogen) atoms. The molecular formula is C30H43N3O5. The van der Waals surface area contributed by atoms with Crippen LogP contribution in [0, 0.1) is 5.92 Å². The van der Waals surface area contributed by atoms with Crippen LogP contribution in [0.25, 0.3) is 11.3 Å². The van der Waals surface area contributed by atoms with Crippen molar-refractivity contribution < 1.29 is 23.8 Å². The fourth-order valence-corrected chi connectivity index (χ4v) is 5.82. The van der Waals surface area contributed by atoms with Gasteiger partial charge in [-0.1, -0.05) is 44.6 Å². The number of ether oxygens (including phenoxy) is 3. The number of nitrogens with zero attached hydrogens (tertiary/aromatic N) is 2. The van der Waals surface area contributed by atoms with E-state index in [2.05, 4.69) is 5.32 Å². The predicted molar refractivity (Wildman–Crippen MR) is 147 cm³/mol. The first-order valence-electron chi connectivity index (χ1n) is 14.1. The van der Waals surface area contributed by atoms with Crippen molar-refractivity contribution >= 4 is 11.9 Å². The second kappa shape index (κ2) is 12.2. The van der Waals surface area contributed by atoms with Gasteiger partial charge in [-0.25, -0.2) is 4.79 Å². The molecule has 2 aliphatic carbocycles. The van der Waals surface area contributed by atoms with Crippen molar-refractivity contribution in [1.82, 2.24) is 15.1 Å². The van der Waals surface area contributed by atoms with Crippen LogP contribution >= 0.6 is 0 Å². The van der Waals surface area contributed by atoms with E-state index >= 15 is 0 Å². The first kappa shape index (κ1) is 28.0. The Balaban J connectivity index is 1.71. The molecule has 8 nitrogen and oxygen atoms in total. The number of carbonyl (C=O) groups is 2. The van der Waals surface area contributed by atoms with Gasteiger partial charge in [0.1, 0.15) is 23.1 Å². The van der Waals surface area contributed by atoms with E-state index < -0.39 is 11.6 Å². The summed E-state index contributed by atoms with van der Waals surface area (Å²) in [4.78, 5) is 26.9. The molecule has 2 aromatic rings. The van der Waals surface area contributed by atoms with Gasteiger partial charge in [0.25, 0.3) is 5.91 Å². The highest BCUT2D eigenvalue weighted by atomic mass is 16.6. The smallest absolute Gasteiger partial charge is 0.329 e. The zero-order chi connectivity index (χ0) is 27.3. The molecule has 1 N–H and O–H groups in total. The molecule has 1 aromatic heterocycles. The van der Waals surface area contributed by atoms with Gasteiger partial charge in [-0.15, -0.1) is 0 Å². The van der Waals surface area contributed by atoms with Gasteiger partial charge in [0.05, 0.1) is 31.5 Å². The average molecular weight is 526 g/mol. The highest BCUT2D eigenvalue weighted by Crippen LogP contribution is 2.41. The van der Waals surface area contributed by atoms with E-state index in [1.807, 2.05) is 43.7 Å². The van der Waals surface area contributed by atoms with Crippen molar-refractivity contribution in [3.8, 4) is 22.8 Å². The zero-order valence-corrected chi connectivity index (χ0v) is 23.5. The van der Waals surface area contributed by atoms with Crippen LogP contribution in [0.4, 0.5) is 0 Å². The molecule has 0 unspecified atom stereocenters. The van der Waals surface area contributed by atoms with Crippen molar-refractivity contribution in [2.75, 3.05) is 14.2 Å². The number of benzene rings is 1. The van der Waals surface area contributed by atoms with Crippen molar-refractivity contribution in [3.63, 3.8) is 0 Å². The fourth-order valence-electron chi connectivity index (χ4n) is 5.82. The lowest BCUT2D eigenvalue weighted by atomic mass is 9.83. The first-order valence-corrected chi connectivity index (χ1v) is 14.1. The molecule has 2 aliphatic rings. The molecule has 4 rings (SSSR count). The Hall–Kier alpha value is -3.03. The topological polar surface area (TPSA) is 91.7 Å². The Morgan fingerprint density at radius 1 is 0.947 bits per heavy atom. The molecule has 8 heteroatoms. The maximum atomic E-state index is 13.7. The molecule has 0 aliphatic heterocycles. The molecule has 0 spiro atoms. The molecule has 1 amide bonds. The number of amides is 1. The van der Waals surface area contributed by atoms with Crippen LogP contribution in [-0.2, 0) is 9.53 Å². The van der Waals surface area contributed by atoms with Gasteiger partial charge in [0.15, 0.2) is 5.69 Å². The number of nitrogens with one attached hydrogen (secondary N) is 1. The van der Waals surface area contributed by atoms with Gasteiger partial charge in [0, 0.05) is 0 Å². The van der Waals surface area contributed by atoms with E-state index in [1.165, 1.54) is 6.42 Å². The molecule has 1 heterocycles. The Kier molecular flexibility index (Phi) is 9.00. The van der Waals surface area contributed by atoms with E-state index in [9.17, 15) is 9.59 Å². The van der Waals surface area contributed by atoms with Crippen molar-refractivity contribution in [1.29, 1.82) is 0 Å². The molecular weight excluding hydrogens is 482 g/mol. The minimum absolute atomic E-state index is 0.0526. The third kappa shape index (κ3) is 6.51. The summed E-state index contributed by atoms with van der Waals surface area (Å²) in [6.07, 6.45) is 10.5. The van der Waals surface area contributed by atoms with Crippen molar-refractivity contribution in [3.05, 3.63) is 30.0 Å². The summed E-state index contributed by atoms with van der Waals surface area (Å²) in [7, 11) is 3.26. The van der Waals surface area contributed by atoms with Gasteiger partial charge < -0.3 is 19.5 Å². The number of hydrogen-bond donors (Lipinski definition) is 1. The molecule has 1 atom stereocenters. The molecule has 0 radical (unpaired) electrons. The Labute approximate surface area is 226 Å². The third-order valence-corrected chi connectivity index (χ3v) is 7.64. The Bertz CT molecular complexity index is 1090. The van der Waals surface area contributed by atoms with E-state index in [4.69, 9.17) is 19.3 Å². The van der Waals surface area contributed by atoms with E-state index in [1.54, 1.807) is 20.3 Å². The van der Waals surface area contributed by atoms with Crippen LogP contribution < -0.4 is 14.8 Å². The Morgan fingerprint density at radius 3 is 2.08 bits per heavy atom. The van der Waals surface area contributed by atoms with E-state index in [-0.39, 0.29) is 29.5 Å². The third-order valence-electron chi connectivity index (χ3n) is 7.64. The number of aromatic nitrogens is 2. The van der Waals surface area contributed by atoms with Gasteiger partial charge in [0.2, 0.25) is 0 Å². The minimum Gasteiger partial charge on any atom is -0.496 e. The van der Waals surface area contributed by atoms with Crippen LogP contribution in [0.5, 0.6) is 11.5 Å². The lowest BCUT2D eigenvalue weighted by Gasteiger charge is -2.31. The molecule has 1 aromatic carbocycles. The Morgan fingerprint density at radius 2 is 1.53 bits per heavy atom. The first-order chi connectivity index (χ1) is 18.2. The summed E-state index contributed by atoms with van der Waals surface area (Å²) < 4.78 is 19.1. The quantitative estimate of drug-likeness (QED) is 0.419. The second-order valence-electron chi connectivity index (χ2n) is 11.6. The number of rotatable bonds is 8. The summed E-state index contributed by atoms with van der Waals surface area (Å²) in [5.41, 5.74) is 1.20. The SMILES string of the molecule is COc1cccc(OC)c1-c1cc(C(=O)N[C@H](C(=O)OC(C)(C)C)C2CCCCC2)nn1C1CCCCC1. The minimum atomic E-state index is -0.703. The second-order valence-corrected chi connectivity index (χ2v) is 11.6. The van der Waals surface area contributed by atoms with Crippen LogP contribution in [0.1, 0.15) is 102 Å². The number of esters is 1. The summed E-state index contributed by atoms with van der Waals surface area (Å²) >= 11 is 0. The van der Waals surface area contributed by atoms with Crippen LogP contribution in [0.2, 0.25) is 0 Å². The standard InChI is InChI=1S/C30H43N3O5/c1-30(2,3)38-29(35)27(20-13-8-6-9-14-20)31-28(34)22-19-23(33(32-22)21-15-10-7-11-16-21)26-24(36-4)17-12-18-25(26)37-5/h12,17-21,27H,6-11,13-16H2,1-5H3,(H,31,34)/t27-/m0/s1. The zero-order valence-electron chi connectivity index (χ0n) is 23.5. The lowest BCUT2D eigenvalue weighted by molar-refractivity contribution is -0.159. The fraction of sp³-hybridized carbons (Fsp3) is 0.633. The summed E-state index contributed by atoms with van der Waals surface area (Å²) in [6, 6.07) is 6.93. The van der Waals surface area contributed by atoms with E-state index in [0.29, 0.717) is 11.5 Å². The monoisotopic (exact) mass is 525 g/mol. The van der Waals surface area contributed by atoms with Crippen LogP contribution in [0.3, 0.4) is 0 Å². The van der Waals surface area contributed by atoms with Gasteiger partial charge in [-0.3, -0.25) is 9.48 Å². The summed E-state index contributed by atoms with van der Waals surface area (Å²) in [5, 5.41) is 7.86. The highest BCUT2D eigenvalue weighted by Gasteiger charge is 2.35. The summed E-state index contributed by atoms with van der Waals surface area (Å²) in [5.74, 6) is 0.619. The maximum absolute atomic E-state index is 13.7. The van der Waals surface area contributed by atoms with Crippen molar-refractivity contribution in [2.45, 2.75) is 103 Å². The average Bonchev–Trinajstić information content (AvgIpc) is 3.36. The van der Waals surface area contributed by atoms with Gasteiger partial charge in [-0.2, -0.15) is 5.10 Å². The lowest BCUT2D eigenvalue weighted by Crippen LogP contribution is -2.49. The number of hydrogen-bond acceptors (Lipinski definition) is 6. The van der Waals surface area contributed by atoms with Gasteiger partial charge >= 0.3 is 5.97 Å². The van der Waals surface area contributed by atoms with Gasteiger partial charge in [-0.05, 0) is 70.6 Å². The molecule has 208 valence electrons. The van der Waals surface area contributed by atoms with Crippen LogP contribution in [-0.4, -0.2) is 47.5 Å². The molecule has 2 fully saturated rings. The predicted octanol–water partition coefficient (Wildman–Crippen LogP) is 6.09. The summed E-state index contributed by atoms with van der Waals surface area (Å²) in [6.45, 7) is 5.55. The van der Waals surface area contributed by atoms with Crippen molar-refractivity contribution in [2.24, 2.45) is 5.92 Å². The normalized spacial score (nSPS) is 18.0. The maximum Gasteiger partial charge on any atom is 0.329 e. The highest BCUT2D eigenvalue weighted by molar-refractivity contribution is 5.96. The largest absolute Gasteiger partial charge is 0.496 e.